The number of benzene rings is 3. The summed E-state index contributed by atoms with van der Waals surface area (Å²) in [5.74, 6) is 0.184. The molecule has 0 fully saturated rings. The van der Waals surface area contributed by atoms with Crippen molar-refractivity contribution >= 4 is 23.5 Å². The van der Waals surface area contributed by atoms with Crippen LogP contribution < -0.4 is 14.2 Å². The maximum Gasteiger partial charge on any atom is 0.343 e. The molecule has 0 aromatic heterocycles. The highest BCUT2D eigenvalue weighted by Gasteiger charge is 2.21. The second-order valence-corrected chi connectivity index (χ2v) is 9.35. The molecular weight excluding hydrogens is 490 g/mol. The first-order valence-electron chi connectivity index (χ1n) is 12.3. The Bertz CT molecular complexity index is 1250. The molecule has 0 saturated heterocycles. The van der Waals surface area contributed by atoms with E-state index in [4.69, 9.17) is 25.8 Å². The van der Waals surface area contributed by atoms with Crippen LogP contribution in [0.4, 0.5) is 0 Å². The molecule has 1 unspecified atom stereocenters. The van der Waals surface area contributed by atoms with Crippen molar-refractivity contribution in [1.29, 1.82) is 5.26 Å². The van der Waals surface area contributed by atoms with Gasteiger partial charge in [0.2, 0.25) is 0 Å². The quantitative estimate of drug-likeness (QED) is 0.115. The maximum absolute atomic E-state index is 12.6. The molecule has 0 heterocycles. The van der Waals surface area contributed by atoms with E-state index in [1.807, 2.05) is 38.1 Å². The Balaban J connectivity index is 1.61. The Labute approximate surface area is 222 Å². The first-order chi connectivity index (χ1) is 17.8. The van der Waals surface area contributed by atoms with Gasteiger partial charge < -0.3 is 14.2 Å². The lowest BCUT2D eigenvalue weighted by atomic mass is 10.1. The lowest BCUT2D eigenvalue weighted by molar-refractivity contribution is -0.134. The Morgan fingerprint density at radius 2 is 1.49 bits per heavy atom. The summed E-state index contributed by atoms with van der Waals surface area (Å²) in [5.41, 5.74) is 2.35. The van der Waals surface area contributed by atoms with E-state index in [0.717, 1.165) is 30.4 Å². The van der Waals surface area contributed by atoms with Gasteiger partial charge in [-0.2, -0.15) is 5.26 Å². The zero-order chi connectivity index (χ0) is 26.8. The molecule has 1 atom stereocenters. The minimum atomic E-state index is -0.705. The highest BCUT2D eigenvalue weighted by molar-refractivity contribution is 6.30. The van der Waals surface area contributed by atoms with Crippen LogP contribution in [0.1, 0.15) is 56.0 Å². The van der Waals surface area contributed by atoms with E-state index in [9.17, 15) is 14.9 Å². The van der Waals surface area contributed by atoms with Gasteiger partial charge >= 0.3 is 11.9 Å². The largest absolute Gasteiger partial charge is 0.492 e. The van der Waals surface area contributed by atoms with E-state index in [1.165, 1.54) is 6.07 Å². The summed E-state index contributed by atoms with van der Waals surface area (Å²) >= 11 is 6.05. The lowest BCUT2D eigenvalue weighted by Gasteiger charge is -2.12. The zero-order valence-electron chi connectivity index (χ0n) is 21.2. The number of carbonyl (C=O) groups excluding carboxylic acids is 2. The normalized spacial score (nSPS) is 11.5. The molecule has 7 heteroatoms. The number of nitriles is 1. The van der Waals surface area contributed by atoms with E-state index in [-0.39, 0.29) is 11.5 Å². The molecule has 0 aliphatic rings. The van der Waals surface area contributed by atoms with Crippen molar-refractivity contribution in [2.75, 3.05) is 6.61 Å². The van der Waals surface area contributed by atoms with Gasteiger partial charge in [0.15, 0.2) is 0 Å². The van der Waals surface area contributed by atoms with Gasteiger partial charge in [0.1, 0.15) is 28.7 Å². The first-order valence-corrected chi connectivity index (χ1v) is 12.7. The number of esters is 2. The number of hydrogen-bond acceptors (Lipinski definition) is 6. The van der Waals surface area contributed by atoms with Crippen molar-refractivity contribution in [3.8, 4) is 34.4 Å². The van der Waals surface area contributed by atoms with Crippen molar-refractivity contribution in [3.63, 3.8) is 0 Å². The topological polar surface area (TPSA) is 85.6 Å². The zero-order valence-corrected chi connectivity index (χ0v) is 22.0. The monoisotopic (exact) mass is 519 g/mol. The Kier molecular flexibility index (Phi) is 10.1. The second-order valence-electron chi connectivity index (χ2n) is 8.88. The smallest absolute Gasteiger partial charge is 0.343 e. The van der Waals surface area contributed by atoms with Gasteiger partial charge in [0.25, 0.3) is 0 Å². The molecule has 0 N–H and O–H groups in total. The molecule has 0 aliphatic heterocycles. The SMILES string of the molecule is CCCCCOc1ccc(C(=O)Oc2ccc(-c3ccc(OC(=O)C(Cl)C(C)C)cc3)cc2)cc1C#N. The molecule has 0 aliphatic carbocycles. The van der Waals surface area contributed by atoms with Crippen LogP contribution in [-0.4, -0.2) is 23.9 Å². The number of halogens is 1. The van der Waals surface area contributed by atoms with Gasteiger partial charge in [0.05, 0.1) is 17.7 Å². The van der Waals surface area contributed by atoms with E-state index < -0.39 is 17.3 Å². The van der Waals surface area contributed by atoms with Gasteiger partial charge in [0, 0.05) is 0 Å². The fraction of sp³-hybridized carbons (Fsp3) is 0.300. The number of unbranched alkanes of at least 4 members (excludes halogenated alkanes) is 2. The lowest BCUT2D eigenvalue weighted by Crippen LogP contribution is -2.25. The van der Waals surface area contributed by atoms with Gasteiger partial charge in [-0.3, -0.25) is 4.79 Å². The maximum atomic E-state index is 12.6. The van der Waals surface area contributed by atoms with Crippen LogP contribution in [0.2, 0.25) is 0 Å². The third kappa shape index (κ3) is 7.83. The van der Waals surface area contributed by atoms with E-state index in [0.29, 0.717) is 29.4 Å². The standard InChI is InChI=1S/C30H30ClNO5/c1-4-5-6-17-35-27-16-11-23(18-24(27)19-32)29(33)36-25-12-7-21(8-13-25)22-9-14-26(15-10-22)37-30(34)28(31)20(2)3/h7-16,18,20,28H,4-6,17H2,1-3H3. The second kappa shape index (κ2) is 13.5. The molecule has 3 aromatic rings. The highest BCUT2D eigenvalue weighted by Crippen LogP contribution is 2.26. The molecular formula is C30H30ClNO5. The number of alkyl halides is 1. The number of nitrogens with zero attached hydrogens (tertiary/aromatic N) is 1. The third-order valence-corrected chi connectivity index (χ3v) is 6.30. The summed E-state index contributed by atoms with van der Waals surface area (Å²) < 4.78 is 16.5. The van der Waals surface area contributed by atoms with Crippen LogP contribution in [0, 0.1) is 17.2 Å². The van der Waals surface area contributed by atoms with Crippen LogP contribution in [-0.2, 0) is 4.79 Å². The summed E-state index contributed by atoms with van der Waals surface area (Å²) in [5, 5.41) is 8.74. The highest BCUT2D eigenvalue weighted by atomic mass is 35.5. The van der Waals surface area contributed by atoms with E-state index in [1.54, 1.807) is 36.4 Å². The summed E-state index contributed by atoms with van der Waals surface area (Å²) in [6.07, 6.45) is 3.04. The van der Waals surface area contributed by atoms with Crippen molar-refractivity contribution < 1.29 is 23.8 Å². The molecule has 0 saturated carbocycles. The predicted molar refractivity (Wildman–Crippen MR) is 143 cm³/mol. The molecule has 3 rings (SSSR count). The molecule has 37 heavy (non-hydrogen) atoms. The average molecular weight is 520 g/mol. The van der Waals surface area contributed by atoms with Crippen molar-refractivity contribution in [2.24, 2.45) is 5.92 Å². The summed E-state index contributed by atoms with van der Waals surface area (Å²) in [4.78, 5) is 24.7. The number of rotatable bonds is 11. The van der Waals surface area contributed by atoms with Crippen LogP contribution in [0.5, 0.6) is 17.2 Å². The third-order valence-electron chi connectivity index (χ3n) is 5.62. The Morgan fingerprint density at radius 1 is 0.892 bits per heavy atom. The predicted octanol–water partition coefficient (Wildman–Crippen LogP) is 7.18. The fourth-order valence-corrected chi connectivity index (χ4v) is 3.49. The van der Waals surface area contributed by atoms with Gasteiger partial charge in [-0.05, 0) is 65.9 Å². The number of hydrogen-bond donors (Lipinski definition) is 0. The molecule has 192 valence electrons. The molecule has 0 amide bonds. The van der Waals surface area contributed by atoms with Crippen LogP contribution in [0.25, 0.3) is 11.1 Å². The molecule has 0 bridgehead atoms. The molecule has 0 radical (unpaired) electrons. The molecule has 6 nitrogen and oxygen atoms in total. The minimum Gasteiger partial charge on any atom is -0.492 e. The average Bonchev–Trinajstić information content (AvgIpc) is 2.91. The summed E-state index contributed by atoms with van der Waals surface area (Å²) in [7, 11) is 0. The van der Waals surface area contributed by atoms with Gasteiger partial charge in [-0.25, -0.2) is 4.79 Å². The van der Waals surface area contributed by atoms with Crippen molar-refractivity contribution in [2.45, 2.75) is 45.4 Å². The summed E-state index contributed by atoms with van der Waals surface area (Å²) in [6.45, 7) is 6.34. The van der Waals surface area contributed by atoms with Crippen LogP contribution in [0.3, 0.4) is 0 Å². The number of carbonyl (C=O) groups is 2. The summed E-state index contributed by atoms with van der Waals surface area (Å²) in [6, 6.07) is 20.9. The van der Waals surface area contributed by atoms with Crippen molar-refractivity contribution in [3.05, 3.63) is 77.9 Å². The van der Waals surface area contributed by atoms with E-state index >= 15 is 0 Å². The number of ether oxygens (including phenoxy) is 3. The van der Waals surface area contributed by atoms with Crippen molar-refractivity contribution in [1.82, 2.24) is 0 Å². The molecule has 0 spiro atoms. The fourth-order valence-electron chi connectivity index (χ4n) is 3.45. The van der Waals surface area contributed by atoms with E-state index in [2.05, 4.69) is 13.0 Å². The molecule has 3 aromatic carbocycles. The first kappa shape index (κ1) is 27.8. The minimum absolute atomic E-state index is 0.0249. The van der Waals surface area contributed by atoms with Crippen LogP contribution >= 0.6 is 11.6 Å². The van der Waals surface area contributed by atoms with Crippen LogP contribution in [0.15, 0.2) is 66.7 Å². The van der Waals surface area contributed by atoms with Gasteiger partial charge in [-0.1, -0.05) is 57.9 Å². The van der Waals surface area contributed by atoms with Gasteiger partial charge in [-0.15, -0.1) is 11.6 Å². The Hall–Kier alpha value is -3.82. The Morgan fingerprint density at radius 3 is 2.03 bits per heavy atom.